The van der Waals surface area contributed by atoms with Crippen LogP contribution in [0.1, 0.15) is 87.1 Å². The minimum absolute atomic E-state index is 0.0744. The zero-order valence-corrected chi connectivity index (χ0v) is 21.6. The van der Waals surface area contributed by atoms with E-state index in [2.05, 4.69) is 17.6 Å². The number of amides is 2. The molecule has 2 N–H and O–H groups in total. The van der Waals surface area contributed by atoms with Crippen molar-refractivity contribution in [3.63, 3.8) is 0 Å². The summed E-state index contributed by atoms with van der Waals surface area (Å²) in [5.41, 5.74) is 2.21. The van der Waals surface area contributed by atoms with Crippen LogP contribution in [0.4, 0.5) is 11.4 Å². The number of ether oxygens (including phenoxy) is 1. The second kappa shape index (κ2) is 15.9. The van der Waals surface area contributed by atoms with Gasteiger partial charge in [0.1, 0.15) is 0 Å². The summed E-state index contributed by atoms with van der Waals surface area (Å²) in [7, 11) is 0. The van der Waals surface area contributed by atoms with Crippen LogP contribution >= 0.6 is 11.6 Å². The van der Waals surface area contributed by atoms with E-state index in [0.29, 0.717) is 22.8 Å². The summed E-state index contributed by atoms with van der Waals surface area (Å²) in [6, 6.07) is 11.7. The van der Waals surface area contributed by atoms with E-state index < -0.39 is 18.5 Å². The molecule has 0 aliphatic rings. The van der Waals surface area contributed by atoms with Gasteiger partial charge in [0.05, 0.1) is 5.56 Å². The summed E-state index contributed by atoms with van der Waals surface area (Å²) in [5.74, 6) is -1.18. The maximum Gasteiger partial charge on any atom is 0.338 e. The number of esters is 1. The molecule has 0 bridgehead atoms. The number of halogens is 1. The van der Waals surface area contributed by atoms with E-state index in [0.717, 1.165) is 24.8 Å². The highest BCUT2D eigenvalue weighted by Gasteiger charge is 2.12. The fourth-order valence-electron chi connectivity index (χ4n) is 3.63. The highest BCUT2D eigenvalue weighted by molar-refractivity contribution is 6.31. The standard InChI is InChI=1S/C28H37ClN2O4/c1-3-4-5-6-7-8-9-10-11-15-26(32)30-23-14-12-13-22(18-23)28(34)35-20-27(33)31-24-17-16-21(2)25(29)19-24/h12-14,16-19H,3-11,15,20H2,1-2H3,(H,30,32)(H,31,33). The second-order valence-corrected chi connectivity index (χ2v) is 9.20. The molecule has 0 atom stereocenters. The molecule has 0 saturated carbocycles. The lowest BCUT2D eigenvalue weighted by molar-refractivity contribution is -0.119. The fourth-order valence-corrected chi connectivity index (χ4v) is 3.81. The quantitative estimate of drug-likeness (QED) is 0.198. The minimum atomic E-state index is -0.642. The number of anilines is 2. The van der Waals surface area contributed by atoms with Crippen molar-refractivity contribution < 1.29 is 19.1 Å². The Labute approximate surface area is 213 Å². The van der Waals surface area contributed by atoms with Crippen LogP contribution in [0.25, 0.3) is 0 Å². The molecule has 0 aromatic heterocycles. The van der Waals surface area contributed by atoms with Gasteiger partial charge < -0.3 is 15.4 Å². The van der Waals surface area contributed by atoms with Crippen LogP contribution < -0.4 is 10.6 Å². The molecule has 7 heteroatoms. The Balaban J connectivity index is 1.69. The number of unbranched alkanes of at least 4 members (excludes halogenated alkanes) is 8. The maximum atomic E-state index is 12.4. The van der Waals surface area contributed by atoms with Gasteiger partial charge in [0, 0.05) is 22.8 Å². The fraction of sp³-hybridized carbons (Fsp3) is 0.464. The van der Waals surface area contributed by atoms with Crippen LogP contribution in [-0.2, 0) is 14.3 Å². The van der Waals surface area contributed by atoms with Gasteiger partial charge in [-0.15, -0.1) is 0 Å². The first kappa shape index (κ1) is 28.4. The molecule has 2 rings (SSSR count). The SMILES string of the molecule is CCCCCCCCCCCC(=O)Nc1cccc(C(=O)OCC(=O)Nc2ccc(C)c(Cl)c2)c1. The summed E-state index contributed by atoms with van der Waals surface area (Å²) < 4.78 is 5.11. The van der Waals surface area contributed by atoms with E-state index in [1.54, 1.807) is 42.5 Å². The Morgan fingerprint density at radius 2 is 1.43 bits per heavy atom. The average Bonchev–Trinajstić information content (AvgIpc) is 2.84. The van der Waals surface area contributed by atoms with Gasteiger partial charge in [-0.2, -0.15) is 0 Å². The van der Waals surface area contributed by atoms with Gasteiger partial charge in [0.25, 0.3) is 5.91 Å². The van der Waals surface area contributed by atoms with Crippen molar-refractivity contribution in [2.45, 2.75) is 78.1 Å². The van der Waals surface area contributed by atoms with Gasteiger partial charge in [0.15, 0.2) is 6.61 Å². The van der Waals surface area contributed by atoms with E-state index in [-0.39, 0.29) is 11.5 Å². The minimum Gasteiger partial charge on any atom is -0.452 e. The molecule has 0 aliphatic carbocycles. The monoisotopic (exact) mass is 500 g/mol. The predicted octanol–water partition coefficient (Wildman–Crippen LogP) is 7.30. The van der Waals surface area contributed by atoms with E-state index in [1.165, 1.54) is 38.5 Å². The lowest BCUT2D eigenvalue weighted by atomic mass is 10.1. The Hall–Kier alpha value is -2.86. The molecular formula is C28H37ClN2O4. The van der Waals surface area contributed by atoms with Gasteiger partial charge in [-0.05, 0) is 49.2 Å². The number of benzene rings is 2. The molecule has 0 aliphatic heterocycles. The summed E-state index contributed by atoms with van der Waals surface area (Å²) in [4.78, 5) is 36.7. The first-order valence-electron chi connectivity index (χ1n) is 12.5. The molecule has 2 aromatic carbocycles. The van der Waals surface area contributed by atoms with Crippen molar-refractivity contribution in [2.75, 3.05) is 17.2 Å². The third kappa shape index (κ3) is 11.4. The van der Waals surface area contributed by atoms with Crippen molar-refractivity contribution in [3.8, 4) is 0 Å². The number of aryl methyl sites for hydroxylation is 1. The number of rotatable bonds is 15. The molecule has 0 radical (unpaired) electrons. The van der Waals surface area contributed by atoms with Gasteiger partial charge in [-0.3, -0.25) is 9.59 Å². The van der Waals surface area contributed by atoms with Gasteiger partial charge in [-0.25, -0.2) is 4.79 Å². The normalized spacial score (nSPS) is 10.6. The molecule has 0 heterocycles. The number of carbonyl (C=O) groups excluding carboxylic acids is 3. The lowest BCUT2D eigenvalue weighted by Crippen LogP contribution is -2.21. The molecule has 2 amide bonds. The third-order valence-electron chi connectivity index (χ3n) is 5.68. The third-order valence-corrected chi connectivity index (χ3v) is 6.09. The highest BCUT2D eigenvalue weighted by atomic mass is 35.5. The summed E-state index contributed by atoms with van der Waals surface area (Å²) in [5, 5.41) is 6.01. The molecule has 6 nitrogen and oxygen atoms in total. The van der Waals surface area contributed by atoms with Crippen LogP contribution in [-0.4, -0.2) is 24.4 Å². The number of hydrogen-bond acceptors (Lipinski definition) is 4. The van der Waals surface area contributed by atoms with Crippen LogP contribution in [0.3, 0.4) is 0 Å². The van der Waals surface area contributed by atoms with Crippen LogP contribution in [0.2, 0.25) is 5.02 Å². The molecule has 0 fully saturated rings. The second-order valence-electron chi connectivity index (χ2n) is 8.80. The Morgan fingerprint density at radius 1 is 0.800 bits per heavy atom. The van der Waals surface area contributed by atoms with Crippen LogP contribution in [0.5, 0.6) is 0 Å². The smallest absolute Gasteiger partial charge is 0.338 e. The van der Waals surface area contributed by atoms with Crippen LogP contribution in [0.15, 0.2) is 42.5 Å². The molecular weight excluding hydrogens is 464 g/mol. The highest BCUT2D eigenvalue weighted by Crippen LogP contribution is 2.20. The average molecular weight is 501 g/mol. The first-order chi connectivity index (χ1) is 16.9. The van der Waals surface area contributed by atoms with Crippen LogP contribution in [0, 0.1) is 6.92 Å². The Morgan fingerprint density at radius 3 is 2.11 bits per heavy atom. The van der Waals surface area contributed by atoms with Crippen molar-refractivity contribution in [3.05, 3.63) is 58.6 Å². The topological polar surface area (TPSA) is 84.5 Å². The summed E-state index contributed by atoms with van der Waals surface area (Å²) in [6.07, 6.45) is 11.2. The zero-order chi connectivity index (χ0) is 25.5. The number of carbonyl (C=O) groups is 3. The van der Waals surface area contributed by atoms with E-state index in [1.807, 2.05) is 6.92 Å². The van der Waals surface area contributed by atoms with E-state index >= 15 is 0 Å². The van der Waals surface area contributed by atoms with Gasteiger partial charge in [-0.1, -0.05) is 82.0 Å². The lowest BCUT2D eigenvalue weighted by Gasteiger charge is -2.09. The molecule has 0 unspecified atom stereocenters. The summed E-state index contributed by atoms with van der Waals surface area (Å²) >= 11 is 6.06. The molecule has 2 aromatic rings. The Bertz CT molecular complexity index is 977. The maximum absolute atomic E-state index is 12.4. The first-order valence-corrected chi connectivity index (χ1v) is 12.9. The zero-order valence-electron chi connectivity index (χ0n) is 20.8. The summed E-state index contributed by atoms with van der Waals surface area (Å²) in [6.45, 7) is 3.65. The van der Waals surface area contributed by atoms with Gasteiger partial charge in [0.2, 0.25) is 5.91 Å². The van der Waals surface area contributed by atoms with Crippen molar-refractivity contribution in [2.24, 2.45) is 0 Å². The molecule has 0 saturated heterocycles. The van der Waals surface area contributed by atoms with Gasteiger partial charge >= 0.3 is 5.97 Å². The predicted molar refractivity (Wildman–Crippen MR) is 142 cm³/mol. The molecule has 190 valence electrons. The molecule has 35 heavy (non-hydrogen) atoms. The number of hydrogen-bond donors (Lipinski definition) is 2. The van der Waals surface area contributed by atoms with E-state index in [4.69, 9.17) is 16.3 Å². The Kier molecular flexibility index (Phi) is 12.9. The van der Waals surface area contributed by atoms with Crippen molar-refractivity contribution >= 4 is 40.8 Å². The number of nitrogens with one attached hydrogen (secondary N) is 2. The van der Waals surface area contributed by atoms with E-state index in [9.17, 15) is 14.4 Å². The van der Waals surface area contributed by atoms with Crippen molar-refractivity contribution in [1.29, 1.82) is 0 Å². The largest absolute Gasteiger partial charge is 0.452 e. The molecule has 0 spiro atoms. The van der Waals surface area contributed by atoms with Crippen molar-refractivity contribution in [1.82, 2.24) is 0 Å².